The number of anilines is 2. The Bertz CT molecular complexity index is 916. The fourth-order valence-electron chi connectivity index (χ4n) is 3.29. The fourth-order valence-corrected chi connectivity index (χ4v) is 3.29. The SMILES string of the molecule is CCCN1C(=O)C(C)Oc2cc(NC(=O)/C=C/c3ccc(C(C)C)cc3)ccc21. The van der Waals surface area contributed by atoms with E-state index in [0.717, 1.165) is 17.7 Å². The summed E-state index contributed by atoms with van der Waals surface area (Å²) in [6, 6.07) is 13.5. The van der Waals surface area contributed by atoms with E-state index in [4.69, 9.17) is 4.74 Å². The molecule has 152 valence electrons. The van der Waals surface area contributed by atoms with Crippen molar-refractivity contribution in [2.75, 3.05) is 16.8 Å². The summed E-state index contributed by atoms with van der Waals surface area (Å²) in [5, 5.41) is 2.86. The van der Waals surface area contributed by atoms with E-state index in [1.54, 1.807) is 30.0 Å². The molecule has 5 nitrogen and oxygen atoms in total. The Morgan fingerprint density at radius 2 is 1.93 bits per heavy atom. The maximum absolute atomic E-state index is 12.3. The van der Waals surface area contributed by atoms with Crippen LogP contribution in [0.15, 0.2) is 48.5 Å². The van der Waals surface area contributed by atoms with Crippen LogP contribution in [0.5, 0.6) is 5.75 Å². The van der Waals surface area contributed by atoms with Crippen molar-refractivity contribution < 1.29 is 14.3 Å². The first-order valence-corrected chi connectivity index (χ1v) is 10.1. The molecular formula is C24H28N2O3. The van der Waals surface area contributed by atoms with Crippen LogP contribution in [-0.4, -0.2) is 24.5 Å². The van der Waals surface area contributed by atoms with Gasteiger partial charge in [-0.3, -0.25) is 9.59 Å². The van der Waals surface area contributed by atoms with E-state index in [1.807, 2.05) is 25.1 Å². The molecule has 0 saturated heterocycles. The number of fused-ring (bicyclic) bond motifs is 1. The molecular weight excluding hydrogens is 364 g/mol. The minimum Gasteiger partial charge on any atom is -0.479 e. The van der Waals surface area contributed by atoms with E-state index in [0.29, 0.717) is 23.9 Å². The molecule has 1 unspecified atom stereocenters. The lowest BCUT2D eigenvalue weighted by Crippen LogP contribution is -2.44. The summed E-state index contributed by atoms with van der Waals surface area (Å²) in [6.07, 6.45) is 3.63. The number of hydrogen-bond acceptors (Lipinski definition) is 3. The largest absolute Gasteiger partial charge is 0.479 e. The number of hydrogen-bond donors (Lipinski definition) is 1. The van der Waals surface area contributed by atoms with Crippen molar-refractivity contribution in [2.24, 2.45) is 0 Å². The second kappa shape index (κ2) is 8.95. The van der Waals surface area contributed by atoms with Gasteiger partial charge >= 0.3 is 0 Å². The molecule has 1 aliphatic rings. The number of benzene rings is 2. The van der Waals surface area contributed by atoms with Gasteiger partial charge in [0.05, 0.1) is 5.69 Å². The van der Waals surface area contributed by atoms with Crippen molar-refractivity contribution in [2.45, 2.75) is 46.1 Å². The van der Waals surface area contributed by atoms with Crippen LogP contribution in [0.4, 0.5) is 11.4 Å². The van der Waals surface area contributed by atoms with Crippen LogP contribution in [0, 0.1) is 0 Å². The molecule has 2 aromatic rings. The monoisotopic (exact) mass is 392 g/mol. The van der Waals surface area contributed by atoms with E-state index >= 15 is 0 Å². The smallest absolute Gasteiger partial charge is 0.267 e. The van der Waals surface area contributed by atoms with Gasteiger partial charge in [-0.15, -0.1) is 0 Å². The van der Waals surface area contributed by atoms with Gasteiger partial charge in [-0.1, -0.05) is 45.0 Å². The standard InChI is InChI=1S/C24H28N2O3/c1-5-14-26-21-12-11-20(15-22(21)29-17(4)24(26)28)25-23(27)13-8-18-6-9-19(10-7-18)16(2)3/h6-13,15-17H,5,14H2,1-4H3,(H,25,27)/b13-8+. The molecule has 0 saturated carbocycles. The third-order valence-electron chi connectivity index (χ3n) is 4.91. The van der Waals surface area contributed by atoms with E-state index in [2.05, 4.69) is 31.3 Å². The maximum Gasteiger partial charge on any atom is 0.267 e. The lowest BCUT2D eigenvalue weighted by Gasteiger charge is -2.33. The number of amides is 2. The van der Waals surface area contributed by atoms with Gasteiger partial charge in [-0.05, 0) is 48.6 Å². The Kier molecular flexibility index (Phi) is 6.37. The summed E-state index contributed by atoms with van der Waals surface area (Å²) >= 11 is 0. The Morgan fingerprint density at radius 1 is 1.21 bits per heavy atom. The number of carbonyl (C=O) groups is 2. The molecule has 1 atom stereocenters. The second-order valence-corrected chi connectivity index (χ2v) is 7.58. The number of nitrogens with one attached hydrogen (secondary N) is 1. The second-order valence-electron chi connectivity index (χ2n) is 7.58. The van der Waals surface area contributed by atoms with E-state index in [9.17, 15) is 9.59 Å². The zero-order valence-electron chi connectivity index (χ0n) is 17.4. The molecule has 1 aliphatic heterocycles. The van der Waals surface area contributed by atoms with Crippen LogP contribution in [0.1, 0.15) is 51.2 Å². The molecule has 2 amide bonds. The molecule has 0 bridgehead atoms. The minimum atomic E-state index is -0.534. The topological polar surface area (TPSA) is 58.6 Å². The van der Waals surface area contributed by atoms with Gasteiger partial charge in [-0.25, -0.2) is 0 Å². The quantitative estimate of drug-likeness (QED) is 0.705. The molecule has 0 spiro atoms. The first-order chi connectivity index (χ1) is 13.9. The summed E-state index contributed by atoms with van der Waals surface area (Å²) in [6.45, 7) is 8.72. The highest BCUT2D eigenvalue weighted by Gasteiger charge is 2.31. The van der Waals surface area contributed by atoms with E-state index in [1.165, 1.54) is 11.6 Å². The number of nitrogens with zero attached hydrogens (tertiary/aromatic N) is 1. The highest BCUT2D eigenvalue weighted by atomic mass is 16.5. The van der Waals surface area contributed by atoms with Gasteiger partial charge in [-0.2, -0.15) is 0 Å². The summed E-state index contributed by atoms with van der Waals surface area (Å²) < 4.78 is 5.74. The molecule has 1 N–H and O–H groups in total. The van der Waals surface area contributed by atoms with Gasteiger partial charge in [0.25, 0.3) is 5.91 Å². The Hall–Kier alpha value is -3.08. The van der Waals surface area contributed by atoms with Gasteiger partial charge in [0.15, 0.2) is 6.10 Å². The Morgan fingerprint density at radius 3 is 2.59 bits per heavy atom. The molecule has 0 fully saturated rings. The van der Waals surface area contributed by atoms with Crippen molar-refractivity contribution in [3.8, 4) is 5.75 Å². The maximum atomic E-state index is 12.3. The Labute approximate surface area is 172 Å². The van der Waals surface area contributed by atoms with Crippen LogP contribution in [-0.2, 0) is 9.59 Å². The predicted molar refractivity (Wildman–Crippen MR) is 117 cm³/mol. The first-order valence-electron chi connectivity index (χ1n) is 10.1. The van der Waals surface area contributed by atoms with Gasteiger partial charge in [0.1, 0.15) is 5.75 Å². The summed E-state index contributed by atoms with van der Waals surface area (Å²) in [5.41, 5.74) is 3.62. The number of carbonyl (C=O) groups excluding carboxylic acids is 2. The first kappa shape index (κ1) is 20.6. The zero-order valence-corrected chi connectivity index (χ0v) is 17.4. The summed E-state index contributed by atoms with van der Waals surface area (Å²) in [4.78, 5) is 26.4. The Balaban J connectivity index is 1.69. The summed E-state index contributed by atoms with van der Waals surface area (Å²) in [7, 11) is 0. The van der Waals surface area contributed by atoms with Crippen molar-refractivity contribution in [3.05, 3.63) is 59.7 Å². The molecule has 29 heavy (non-hydrogen) atoms. The summed E-state index contributed by atoms with van der Waals surface area (Å²) in [5.74, 6) is 0.830. The fraction of sp³-hybridized carbons (Fsp3) is 0.333. The molecule has 0 aliphatic carbocycles. The highest BCUT2D eigenvalue weighted by Crippen LogP contribution is 2.36. The van der Waals surface area contributed by atoms with Gasteiger partial charge in [0.2, 0.25) is 5.91 Å². The van der Waals surface area contributed by atoms with Crippen molar-refractivity contribution in [3.63, 3.8) is 0 Å². The van der Waals surface area contributed by atoms with Crippen molar-refractivity contribution in [1.29, 1.82) is 0 Å². The van der Waals surface area contributed by atoms with E-state index < -0.39 is 6.10 Å². The minimum absolute atomic E-state index is 0.0393. The molecule has 0 aromatic heterocycles. The van der Waals surface area contributed by atoms with Gasteiger partial charge < -0.3 is 15.0 Å². The average Bonchev–Trinajstić information content (AvgIpc) is 2.70. The molecule has 2 aromatic carbocycles. The third-order valence-corrected chi connectivity index (χ3v) is 4.91. The molecule has 1 heterocycles. The highest BCUT2D eigenvalue weighted by molar-refractivity contribution is 6.03. The normalized spacial score (nSPS) is 16.1. The average molecular weight is 392 g/mol. The van der Waals surface area contributed by atoms with Crippen LogP contribution >= 0.6 is 0 Å². The third kappa shape index (κ3) is 4.86. The predicted octanol–water partition coefficient (Wildman–Crippen LogP) is 4.99. The lowest BCUT2D eigenvalue weighted by molar-refractivity contribution is -0.125. The number of ether oxygens (including phenoxy) is 1. The van der Waals surface area contributed by atoms with E-state index in [-0.39, 0.29) is 11.8 Å². The van der Waals surface area contributed by atoms with Crippen LogP contribution in [0.2, 0.25) is 0 Å². The lowest BCUT2D eigenvalue weighted by atomic mass is 10.0. The molecule has 3 rings (SSSR count). The van der Waals surface area contributed by atoms with Crippen molar-refractivity contribution in [1.82, 2.24) is 0 Å². The van der Waals surface area contributed by atoms with Crippen molar-refractivity contribution >= 4 is 29.3 Å². The number of rotatable bonds is 6. The molecule has 5 heteroatoms. The van der Waals surface area contributed by atoms with Crippen LogP contribution < -0.4 is 15.0 Å². The van der Waals surface area contributed by atoms with Crippen LogP contribution in [0.3, 0.4) is 0 Å². The zero-order chi connectivity index (χ0) is 21.0. The van der Waals surface area contributed by atoms with Gasteiger partial charge in [0, 0.05) is 24.4 Å². The molecule has 0 radical (unpaired) electrons. The van der Waals surface area contributed by atoms with Crippen LogP contribution in [0.25, 0.3) is 6.08 Å².